The highest BCUT2D eigenvalue weighted by Gasteiger charge is 2.55. The average molecular weight is 428 g/mol. The number of piperidine rings is 1. The van der Waals surface area contributed by atoms with Gasteiger partial charge >= 0.3 is 6.03 Å². The molecule has 166 valence electrons. The first kappa shape index (κ1) is 21.5. The van der Waals surface area contributed by atoms with Crippen LogP contribution in [-0.2, 0) is 9.53 Å². The highest BCUT2D eigenvalue weighted by molar-refractivity contribution is 6.21. The third-order valence-corrected chi connectivity index (χ3v) is 6.94. The molecule has 0 spiro atoms. The highest BCUT2D eigenvalue weighted by atomic mass is 16.5. The van der Waals surface area contributed by atoms with Crippen molar-refractivity contribution < 1.29 is 23.9 Å². The summed E-state index contributed by atoms with van der Waals surface area (Å²) in [5.74, 6) is -2.07. The van der Waals surface area contributed by atoms with Gasteiger partial charge in [-0.3, -0.25) is 19.7 Å². The molecule has 31 heavy (non-hydrogen) atoms. The van der Waals surface area contributed by atoms with E-state index in [-0.39, 0.29) is 23.6 Å². The summed E-state index contributed by atoms with van der Waals surface area (Å²) in [6.45, 7) is 2.95. The van der Waals surface area contributed by atoms with E-state index in [0.717, 1.165) is 39.1 Å². The van der Waals surface area contributed by atoms with Gasteiger partial charge in [-0.2, -0.15) is 0 Å². The summed E-state index contributed by atoms with van der Waals surface area (Å²) < 4.78 is 5.46. The van der Waals surface area contributed by atoms with E-state index in [2.05, 4.69) is 15.5 Å². The summed E-state index contributed by atoms with van der Waals surface area (Å²) in [7, 11) is 0. The number of primary amides is 1. The van der Waals surface area contributed by atoms with Crippen molar-refractivity contribution in [1.29, 1.82) is 0 Å². The number of ether oxygens (including phenoxy) is 1. The Morgan fingerprint density at radius 3 is 2.29 bits per heavy atom. The molecule has 0 aromatic heterocycles. The van der Waals surface area contributed by atoms with Crippen LogP contribution in [0.2, 0.25) is 0 Å². The molecule has 3 heterocycles. The van der Waals surface area contributed by atoms with E-state index < -0.39 is 29.0 Å². The molecule has 1 aromatic carbocycles. The zero-order valence-corrected chi connectivity index (χ0v) is 17.4. The lowest BCUT2D eigenvalue weighted by Gasteiger charge is -2.46. The summed E-state index contributed by atoms with van der Waals surface area (Å²) in [4.78, 5) is 53.1. The highest BCUT2D eigenvalue weighted by Crippen LogP contribution is 2.41. The fraction of sp³-hybridized carbons (Fsp3) is 0.545. The van der Waals surface area contributed by atoms with E-state index in [1.54, 1.807) is 12.1 Å². The van der Waals surface area contributed by atoms with Crippen LogP contribution in [0, 0.1) is 11.3 Å². The molecule has 4 N–H and O–H groups in total. The molecule has 3 saturated heterocycles. The number of rotatable bonds is 5. The lowest BCUT2D eigenvalue weighted by molar-refractivity contribution is -0.132. The molecule has 0 radical (unpaired) electrons. The first-order valence-corrected chi connectivity index (χ1v) is 10.8. The van der Waals surface area contributed by atoms with Gasteiger partial charge in [0, 0.05) is 36.9 Å². The van der Waals surface area contributed by atoms with Gasteiger partial charge in [0.25, 0.3) is 0 Å². The molecule has 1 unspecified atom stereocenters. The summed E-state index contributed by atoms with van der Waals surface area (Å²) in [5.41, 5.74) is 4.21. The number of nitrogens with zero attached hydrogens (tertiary/aromatic N) is 1. The standard InChI is InChI=1S/C22H28N4O5/c23-19(28)17-4-2-1-3-16(17)18(27)22(13-24-21(30)25-20(22)29)14-5-9-26(10-6-14)15-7-11-31-12-8-15/h1-4,14-15H,5-13H2,(H2,23,28)(H2,24,25,29,30). The number of hydrogen-bond acceptors (Lipinski definition) is 6. The smallest absolute Gasteiger partial charge is 0.321 e. The Bertz CT molecular complexity index is 890. The van der Waals surface area contributed by atoms with Crippen molar-refractivity contribution in [3.8, 4) is 0 Å². The van der Waals surface area contributed by atoms with Crippen molar-refractivity contribution in [2.24, 2.45) is 17.1 Å². The Kier molecular flexibility index (Phi) is 6.06. The van der Waals surface area contributed by atoms with Crippen LogP contribution in [0.3, 0.4) is 0 Å². The molecule has 1 aromatic rings. The van der Waals surface area contributed by atoms with Crippen LogP contribution in [0.15, 0.2) is 24.3 Å². The number of urea groups is 1. The molecule has 0 aliphatic carbocycles. The van der Waals surface area contributed by atoms with Crippen molar-refractivity contribution in [2.45, 2.75) is 31.7 Å². The number of carbonyl (C=O) groups is 4. The van der Waals surface area contributed by atoms with E-state index in [0.29, 0.717) is 18.9 Å². The number of nitrogens with one attached hydrogen (secondary N) is 2. The maximum Gasteiger partial charge on any atom is 0.321 e. The van der Waals surface area contributed by atoms with Gasteiger partial charge in [0.15, 0.2) is 5.78 Å². The van der Waals surface area contributed by atoms with E-state index in [9.17, 15) is 19.2 Å². The Labute approximate surface area is 180 Å². The fourth-order valence-electron chi connectivity index (χ4n) is 5.20. The molecule has 4 amide bonds. The topological polar surface area (TPSA) is 131 Å². The molecule has 4 rings (SSSR count). The monoisotopic (exact) mass is 428 g/mol. The number of ketones is 1. The predicted molar refractivity (Wildman–Crippen MR) is 111 cm³/mol. The van der Waals surface area contributed by atoms with Crippen molar-refractivity contribution in [1.82, 2.24) is 15.5 Å². The van der Waals surface area contributed by atoms with Gasteiger partial charge in [-0.25, -0.2) is 4.79 Å². The van der Waals surface area contributed by atoms with E-state index >= 15 is 0 Å². The summed E-state index contributed by atoms with van der Waals surface area (Å²) in [5, 5.41) is 4.92. The Balaban J connectivity index is 1.62. The van der Waals surface area contributed by atoms with Crippen molar-refractivity contribution in [3.63, 3.8) is 0 Å². The zero-order chi connectivity index (χ0) is 22.0. The first-order chi connectivity index (χ1) is 14.9. The van der Waals surface area contributed by atoms with Crippen LogP contribution < -0.4 is 16.4 Å². The molecule has 3 aliphatic heterocycles. The van der Waals surface area contributed by atoms with E-state index in [4.69, 9.17) is 10.5 Å². The SMILES string of the molecule is NC(=O)c1ccccc1C(=O)C1(C2CCN(C3CCOCC3)CC2)CNC(=O)NC1=O. The minimum absolute atomic E-state index is 0.0798. The molecule has 3 fully saturated rings. The molecule has 9 nitrogen and oxygen atoms in total. The van der Waals surface area contributed by atoms with Gasteiger partial charge < -0.3 is 20.7 Å². The molecule has 1 atom stereocenters. The molecule has 9 heteroatoms. The third-order valence-electron chi connectivity index (χ3n) is 6.94. The minimum atomic E-state index is -1.47. The van der Waals surface area contributed by atoms with Crippen molar-refractivity contribution in [3.05, 3.63) is 35.4 Å². The van der Waals surface area contributed by atoms with Crippen molar-refractivity contribution in [2.75, 3.05) is 32.8 Å². The second-order valence-corrected chi connectivity index (χ2v) is 8.50. The van der Waals surface area contributed by atoms with Gasteiger partial charge in [-0.1, -0.05) is 18.2 Å². The maximum atomic E-state index is 13.8. The number of hydrogen-bond donors (Lipinski definition) is 3. The number of Topliss-reactive ketones (excluding diaryl/α,β-unsaturated/α-hetero) is 1. The Hall–Kier alpha value is -2.78. The van der Waals surface area contributed by atoms with Crippen LogP contribution in [0.5, 0.6) is 0 Å². The van der Waals surface area contributed by atoms with Gasteiger partial charge in [0.2, 0.25) is 11.8 Å². The number of likely N-dealkylation sites (tertiary alicyclic amines) is 1. The summed E-state index contributed by atoms with van der Waals surface area (Å²) in [6, 6.07) is 6.11. The maximum absolute atomic E-state index is 13.8. The fourth-order valence-corrected chi connectivity index (χ4v) is 5.20. The Morgan fingerprint density at radius 2 is 1.68 bits per heavy atom. The number of imide groups is 1. The van der Waals surface area contributed by atoms with Gasteiger partial charge in [0.05, 0.1) is 0 Å². The molecule has 0 saturated carbocycles. The minimum Gasteiger partial charge on any atom is -0.381 e. The first-order valence-electron chi connectivity index (χ1n) is 10.8. The number of carbonyl (C=O) groups excluding carboxylic acids is 4. The van der Waals surface area contributed by atoms with E-state index in [1.807, 2.05) is 0 Å². The third kappa shape index (κ3) is 3.95. The summed E-state index contributed by atoms with van der Waals surface area (Å²) >= 11 is 0. The largest absolute Gasteiger partial charge is 0.381 e. The predicted octanol–water partition coefficient (Wildman–Crippen LogP) is 0.685. The second kappa shape index (κ2) is 8.76. The molecular formula is C22H28N4O5. The zero-order valence-electron chi connectivity index (χ0n) is 17.4. The van der Waals surface area contributed by atoms with Crippen molar-refractivity contribution >= 4 is 23.6 Å². The van der Waals surface area contributed by atoms with Gasteiger partial charge in [-0.15, -0.1) is 0 Å². The van der Waals surface area contributed by atoms with Crippen LogP contribution in [0.4, 0.5) is 4.79 Å². The lowest BCUT2D eigenvalue weighted by Crippen LogP contribution is -2.66. The summed E-state index contributed by atoms with van der Waals surface area (Å²) in [6.07, 6.45) is 3.25. The van der Waals surface area contributed by atoms with Gasteiger partial charge in [0.1, 0.15) is 5.41 Å². The molecule has 0 bridgehead atoms. The van der Waals surface area contributed by atoms with Crippen LogP contribution >= 0.6 is 0 Å². The van der Waals surface area contributed by atoms with E-state index in [1.165, 1.54) is 12.1 Å². The molecule has 3 aliphatic rings. The number of amides is 4. The number of benzene rings is 1. The quantitative estimate of drug-likeness (QED) is 0.467. The van der Waals surface area contributed by atoms with Crippen LogP contribution in [0.1, 0.15) is 46.4 Å². The Morgan fingerprint density at radius 1 is 1.03 bits per heavy atom. The van der Waals surface area contributed by atoms with Crippen LogP contribution in [-0.4, -0.2) is 67.4 Å². The lowest BCUT2D eigenvalue weighted by atomic mass is 9.64. The second-order valence-electron chi connectivity index (χ2n) is 8.50. The van der Waals surface area contributed by atoms with Gasteiger partial charge in [-0.05, 0) is 50.8 Å². The van der Waals surface area contributed by atoms with Crippen LogP contribution in [0.25, 0.3) is 0 Å². The average Bonchev–Trinajstić information content (AvgIpc) is 2.80. The number of nitrogens with two attached hydrogens (primary N) is 1. The molecular weight excluding hydrogens is 400 g/mol. The normalized spacial score (nSPS) is 26.2.